The van der Waals surface area contributed by atoms with Crippen molar-refractivity contribution in [1.82, 2.24) is 10.3 Å². The molecule has 1 saturated heterocycles. The minimum absolute atomic E-state index is 0.232. The summed E-state index contributed by atoms with van der Waals surface area (Å²) in [5, 5.41) is 3.18. The van der Waals surface area contributed by atoms with Gasteiger partial charge in [0.15, 0.2) is 0 Å². The van der Waals surface area contributed by atoms with Gasteiger partial charge in [0.05, 0.1) is 5.69 Å². The maximum absolute atomic E-state index is 12.1. The Kier molecular flexibility index (Phi) is 4.13. The molecule has 0 radical (unpaired) electrons. The highest BCUT2D eigenvalue weighted by Gasteiger charge is 2.30. The summed E-state index contributed by atoms with van der Waals surface area (Å²) < 4.78 is 5.42. The molecule has 2 rings (SSSR count). The number of hydrogen-bond donors (Lipinski definition) is 2. The maximum Gasteiger partial charge on any atom is 0.325 e. The summed E-state index contributed by atoms with van der Waals surface area (Å²) >= 11 is 0. The van der Waals surface area contributed by atoms with Crippen molar-refractivity contribution >= 4 is 17.5 Å². The molecule has 2 heterocycles. The van der Waals surface area contributed by atoms with Crippen LogP contribution in [0.25, 0.3) is 0 Å². The lowest BCUT2D eigenvalue weighted by molar-refractivity contribution is -0.157. The van der Waals surface area contributed by atoms with E-state index in [0.717, 1.165) is 12.2 Å². The fourth-order valence-corrected chi connectivity index (χ4v) is 2.18. The fourth-order valence-electron chi connectivity index (χ4n) is 2.18. The van der Waals surface area contributed by atoms with Crippen LogP contribution in [-0.2, 0) is 9.53 Å². The monoisotopic (exact) mass is 278 g/mol. The third-order valence-electron chi connectivity index (χ3n) is 3.02. The summed E-state index contributed by atoms with van der Waals surface area (Å²) in [6.45, 7) is 7.62. The highest BCUT2D eigenvalue weighted by molar-refractivity contribution is 5.78. The molecule has 0 aliphatic carbocycles. The Hall–Kier alpha value is -1.82. The van der Waals surface area contributed by atoms with Crippen LogP contribution in [0.15, 0.2) is 18.3 Å². The first-order valence-corrected chi connectivity index (χ1v) is 6.78. The van der Waals surface area contributed by atoms with Crippen molar-refractivity contribution < 1.29 is 9.53 Å². The van der Waals surface area contributed by atoms with Gasteiger partial charge in [-0.2, -0.15) is 0 Å². The lowest BCUT2D eigenvalue weighted by Crippen LogP contribution is -2.55. The second-order valence-corrected chi connectivity index (χ2v) is 5.89. The van der Waals surface area contributed by atoms with Gasteiger partial charge in [-0.1, -0.05) is 0 Å². The molecule has 1 aliphatic heterocycles. The van der Waals surface area contributed by atoms with E-state index in [1.54, 1.807) is 6.20 Å². The van der Waals surface area contributed by atoms with E-state index >= 15 is 0 Å². The average Bonchev–Trinajstić information content (AvgIpc) is 2.37. The van der Waals surface area contributed by atoms with E-state index in [4.69, 9.17) is 10.5 Å². The SMILES string of the molecule is CC(C)(C)OC(=O)C1CN(c2cccnc2N)CCN1. The third-order valence-corrected chi connectivity index (χ3v) is 3.02. The van der Waals surface area contributed by atoms with Crippen molar-refractivity contribution in [3.63, 3.8) is 0 Å². The molecule has 1 aromatic heterocycles. The van der Waals surface area contributed by atoms with Crippen LogP contribution in [0.3, 0.4) is 0 Å². The Balaban J connectivity index is 2.06. The van der Waals surface area contributed by atoms with Gasteiger partial charge in [0, 0.05) is 25.8 Å². The first-order chi connectivity index (χ1) is 9.37. The normalized spacial score (nSPS) is 19.8. The summed E-state index contributed by atoms with van der Waals surface area (Å²) in [5.74, 6) is 0.252. The molecule has 3 N–H and O–H groups in total. The van der Waals surface area contributed by atoms with E-state index in [0.29, 0.717) is 18.9 Å². The van der Waals surface area contributed by atoms with Crippen molar-refractivity contribution in [2.45, 2.75) is 32.4 Å². The molecular formula is C14H22N4O2. The molecular weight excluding hydrogens is 256 g/mol. The fraction of sp³-hybridized carbons (Fsp3) is 0.571. The van der Waals surface area contributed by atoms with Crippen molar-refractivity contribution in [3.05, 3.63) is 18.3 Å². The van der Waals surface area contributed by atoms with Crippen LogP contribution in [0.5, 0.6) is 0 Å². The molecule has 6 heteroatoms. The van der Waals surface area contributed by atoms with Crippen molar-refractivity contribution in [3.8, 4) is 0 Å². The van der Waals surface area contributed by atoms with Gasteiger partial charge in [0.1, 0.15) is 17.5 Å². The number of aromatic nitrogens is 1. The predicted octanol–water partition coefficient (Wildman–Crippen LogP) is 0.784. The van der Waals surface area contributed by atoms with Gasteiger partial charge in [-0.3, -0.25) is 4.79 Å². The molecule has 0 saturated carbocycles. The zero-order chi connectivity index (χ0) is 14.8. The number of nitrogen functional groups attached to an aromatic ring is 1. The molecule has 0 bridgehead atoms. The number of piperazine rings is 1. The molecule has 110 valence electrons. The van der Waals surface area contributed by atoms with Crippen LogP contribution in [0.2, 0.25) is 0 Å². The molecule has 0 amide bonds. The molecule has 6 nitrogen and oxygen atoms in total. The van der Waals surface area contributed by atoms with Gasteiger partial charge in [0.2, 0.25) is 0 Å². The number of carbonyl (C=O) groups is 1. The van der Waals surface area contributed by atoms with Crippen LogP contribution < -0.4 is 16.0 Å². The van der Waals surface area contributed by atoms with E-state index in [1.807, 2.05) is 32.9 Å². The Labute approximate surface area is 119 Å². The van der Waals surface area contributed by atoms with Gasteiger partial charge in [-0.15, -0.1) is 0 Å². The number of anilines is 2. The summed E-state index contributed by atoms with van der Waals surface area (Å²) in [7, 11) is 0. The van der Waals surface area contributed by atoms with Crippen molar-refractivity contribution in [1.29, 1.82) is 0 Å². The lowest BCUT2D eigenvalue weighted by atomic mass is 10.1. The minimum atomic E-state index is -0.478. The standard InChI is InChI=1S/C14H22N4O2/c1-14(2,3)20-13(19)10-9-18(8-7-16-10)11-5-4-6-17-12(11)15/h4-6,10,16H,7-9H2,1-3H3,(H2,15,17). The van der Waals surface area contributed by atoms with Crippen LogP contribution in [0.4, 0.5) is 11.5 Å². The Bertz CT molecular complexity index is 484. The number of pyridine rings is 1. The lowest BCUT2D eigenvalue weighted by Gasteiger charge is -2.35. The average molecular weight is 278 g/mol. The van der Waals surface area contributed by atoms with E-state index < -0.39 is 5.60 Å². The summed E-state index contributed by atoms with van der Waals surface area (Å²) in [5.41, 5.74) is 6.27. The molecule has 1 aliphatic rings. The zero-order valence-corrected chi connectivity index (χ0v) is 12.2. The number of nitrogens with two attached hydrogens (primary N) is 1. The largest absolute Gasteiger partial charge is 0.459 e. The topological polar surface area (TPSA) is 80.5 Å². The first-order valence-electron chi connectivity index (χ1n) is 6.78. The maximum atomic E-state index is 12.1. The van der Waals surface area contributed by atoms with Crippen LogP contribution in [-0.4, -0.2) is 42.2 Å². The highest BCUT2D eigenvalue weighted by atomic mass is 16.6. The molecule has 0 spiro atoms. The quantitative estimate of drug-likeness (QED) is 0.778. The van der Waals surface area contributed by atoms with E-state index in [-0.39, 0.29) is 12.0 Å². The smallest absolute Gasteiger partial charge is 0.325 e. The second kappa shape index (κ2) is 5.66. The molecule has 1 atom stereocenters. The number of carbonyl (C=O) groups excluding carboxylic acids is 1. The second-order valence-electron chi connectivity index (χ2n) is 5.89. The number of rotatable bonds is 2. The number of hydrogen-bond acceptors (Lipinski definition) is 6. The molecule has 1 aromatic rings. The van der Waals surface area contributed by atoms with E-state index in [9.17, 15) is 4.79 Å². The van der Waals surface area contributed by atoms with E-state index in [1.165, 1.54) is 0 Å². The number of esters is 1. The zero-order valence-electron chi connectivity index (χ0n) is 12.2. The van der Waals surface area contributed by atoms with Gasteiger partial charge in [-0.25, -0.2) is 4.98 Å². The van der Waals surface area contributed by atoms with Gasteiger partial charge < -0.3 is 20.7 Å². The number of nitrogens with one attached hydrogen (secondary N) is 1. The van der Waals surface area contributed by atoms with Crippen LogP contribution >= 0.6 is 0 Å². The third kappa shape index (κ3) is 3.60. The van der Waals surface area contributed by atoms with Crippen LogP contribution in [0, 0.1) is 0 Å². The van der Waals surface area contributed by atoms with Crippen molar-refractivity contribution in [2.75, 3.05) is 30.3 Å². The summed E-state index contributed by atoms with van der Waals surface area (Å²) in [4.78, 5) is 18.3. The van der Waals surface area contributed by atoms with Crippen LogP contribution in [0.1, 0.15) is 20.8 Å². The van der Waals surface area contributed by atoms with Crippen molar-refractivity contribution in [2.24, 2.45) is 0 Å². The minimum Gasteiger partial charge on any atom is -0.459 e. The van der Waals surface area contributed by atoms with Gasteiger partial charge >= 0.3 is 5.97 Å². The summed E-state index contributed by atoms with van der Waals surface area (Å²) in [6.07, 6.45) is 1.66. The molecule has 20 heavy (non-hydrogen) atoms. The Morgan fingerprint density at radius 2 is 2.30 bits per heavy atom. The molecule has 1 unspecified atom stereocenters. The summed E-state index contributed by atoms with van der Waals surface area (Å²) in [6, 6.07) is 3.42. The molecule has 1 fully saturated rings. The predicted molar refractivity (Wildman–Crippen MR) is 78.5 cm³/mol. The van der Waals surface area contributed by atoms with Gasteiger partial charge in [0.25, 0.3) is 0 Å². The Morgan fingerprint density at radius 3 is 2.95 bits per heavy atom. The first kappa shape index (κ1) is 14.6. The van der Waals surface area contributed by atoms with E-state index in [2.05, 4.69) is 15.2 Å². The van der Waals surface area contributed by atoms with Gasteiger partial charge in [-0.05, 0) is 32.9 Å². The molecule has 0 aromatic carbocycles. The number of nitrogens with zero attached hydrogens (tertiary/aromatic N) is 2. The Morgan fingerprint density at radius 1 is 1.55 bits per heavy atom. The number of ether oxygens (including phenoxy) is 1. The highest BCUT2D eigenvalue weighted by Crippen LogP contribution is 2.21.